The number of carbonyl (C=O) groups is 1. The van der Waals surface area contributed by atoms with E-state index >= 15 is 0 Å². The molecule has 3 rings (SSSR count). The lowest BCUT2D eigenvalue weighted by Crippen LogP contribution is -2.24. The third-order valence-corrected chi connectivity index (χ3v) is 5.28. The van der Waals surface area contributed by atoms with Crippen LogP contribution in [-0.4, -0.2) is 22.0 Å². The minimum atomic E-state index is -0.306. The molecule has 0 atom stereocenters. The van der Waals surface area contributed by atoms with Gasteiger partial charge in [0.05, 0.1) is 11.6 Å². The molecule has 28 heavy (non-hydrogen) atoms. The first-order valence-electron chi connectivity index (χ1n) is 10.2. The highest BCUT2D eigenvalue weighted by molar-refractivity contribution is 5.90. The fraction of sp³-hybridized carbons (Fsp3) is 0.478. The van der Waals surface area contributed by atoms with Gasteiger partial charge in [0.25, 0.3) is 0 Å². The van der Waals surface area contributed by atoms with Crippen LogP contribution in [0.15, 0.2) is 36.7 Å². The molecule has 5 heteroatoms. The van der Waals surface area contributed by atoms with E-state index in [9.17, 15) is 4.79 Å². The Hall–Kier alpha value is -2.74. The number of aromatic nitrogens is 2. The predicted octanol–water partition coefficient (Wildman–Crippen LogP) is 5.12. The van der Waals surface area contributed by atoms with Crippen LogP contribution in [0.1, 0.15) is 67.8 Å². The van der Waals surface area contributed by atoms with Crippen LogP contribution < -0.4 is 0 Å². The van der Waals surface area contributed by atoms with Crippen LogP contribution in [0.2, 0.25) is 0 Å². The summed E-state index contributed by atoms with van der Waals surface area (Å²) in [7, 11) is 0. The molecule has 0 N–H and O–H groups in total. The van der Waals surface area contributed by atoms with Gasteiger partial charge in [-0.1, -0.05) is 31.9 Å². The van der Waals surface area contributed by atoms with E-state index in [-0.39, 0.29) is 18.0 Å². The van der Waals surface area contributed by atoms with Gasteiger partial charge >= 0.3 is 5.97 Å². The summed E-state index contributed by atoms with van der Waals surface area (Å²) in [5, 5.41) is 8.95. The minimum absolute atomic E-state index is 0.0830. The van der Waals surface area contributed by atoms with E-state index in [0.717, 1.165) is 49.7 Å². The molecule has 5 nitrogen and oxygen atoms in total. The summed E-state index contributed by atoms with van der Waals surface area (Å²) in [6.07, 6.45) is 11.4. The summed E-state index contributed by atoms with van der Waals surface area (Å²) in [6.45, 7) is 2.19. The monoisotopic (exact) mass is 377 g/mol. The standard InChI is InChI=1S/C23H27N3O2/c1-2-3-4-5-18-15-25-22(26-16-18)19-8-10-20(11-9-19)23(27)28-21-12-6-17(14-24)7-13-21/h8-11,15-17,21H,2-7,12-13H2,1H3/t17-,21-. The molecule has 1 heterocycles. The second-order valence-corrected chi connectivity index (χ2v) is 7.46. The van der Waals surface area contributed by atoms with Crippen LogP contribution >= 0.6 is 0 Å². The molecule has 0 unspecified atom stereocenters. The zero-order valence-corrected chi connectivity index (χ0v) is 16.4. The highest BCUT2D eigenvalue weighted by atomic mass is 16.5. The maximum Gasteiger partial charge on any atom is 0.338 e. The lowest BCUT2D eigenvalue weighted by molar-refractivity contribution is 0.0187. The van der Waals surface area contributed by atoms with Crippen molar-refractivity contribution in [2.24, 2.45) is 5.92 Å². The number of esters is 1. The van der Waals surface area contributed by atoms with Gasteiger partial charge < -0.3 is 4.74 Å². The van der Waals surface area contributed by atoms with Crippen LogP contribution in [0.25, 0.3) is 11.4 Å². The highest BCUT2D eigenvalue weighted by Gasteiger charge is 2.24. The van der Waals surface area contributed by atoms with Crippen molar-refractivity contribution >= 4 is 5.97 Å². The van der Waals surface area contributed by atoms with Crippen LogP contribution in [0.5, 0.6) is 0 Å². The normalized spacial score (nSPS) is 19.0. The molecule has 1 aliphatic rings. The fourth-order valence-corrected chi connectivity index (χ4v) is 3.50. The number of nitriles is 1. The first-order chi connectivity index (χ1) is 13.7. The Morgan fingerprint density at radius 1 is 1.11 bits per heavy atom. The number of nitrogens with zero attached hydrogens (tertiary/aromatic N) is 3. The number of carbonyl (C=O) groups excluding carboxylic acids is 1. The Kier molecular flexibility index (Phi) is 7.13. The van der Waals surface area contributed by atoms with E-state index in [2.05, 4.69) is 23.0 Å². The van der Waals surface area contributed by atoms with Gasteiger partial charge in [-0.25, -0.2) is 14.8 Å². The van der Waals surface area contributed by atoms with Gasteiger partial charge in [-0.3, -0.25) is 0 Å². The molecular formula is C23H27N3O2. The number of benzene rings is 1. The van der Waals surface area contributed by atoms with E-state index in [0.29, 0.717) is 11.4 Å². The van der Waals surface area contributed by atoms with Crippen molar-refractivity contribution < 1.29 is 9.53 Å². The van der Waals surface area contributed by atoms with Gasteiger partial charge in [0.2, 0.25) is 0 Å². The predicted molar refractivity (Wildman–Crippen MR) is 107 cm³/mol. The number of aryl methyl sites for hydroxylation is 1. The van der Waals surface area contributed by atoms with E-state index in [1.165, 1.54) is 12.8 Å². The number of unbranched alkanes of at least 4 members (excludes halogenated alkanes) is 2. The molecule has 1 aromatic carbocycles. The van der Waals surface area contributed by atoms with Gasteiger partial charge in [0.15, 0.2) is 5.82 Å². The van der Waals surface area contributed by atoms with Crippen LogP contribution in [-0.2, 0) is 11.2 Å². The van der Waals surface area contributed by atoms with Crippen molar-refractivity contribution in [3.63, 3.8) is 0 Å². The van der Waals surface area contributed by atoms with Crippen molar-refractivity contribution in [1.82, 2.24) is 9.97 Å². The molecule has 2 aromatic rings. The molecular weight excluding hydrogens is 350 g/mol. The molecule has 0 radical (unpaired) electrons. The van der Waals surface area contributed by atoms with Crippen LogP contribution in [0, 0.1) is 17.2 Å². The average Bonchev–Trinajstić information content (AvgIpc) is 2.75. The smallest absolute Gasteiger partial charge is 0.338 e. The molecule has 146 valence electrons. The Morgan fingerprint density at radius 3 is 2.39 bits per heavy atom. The molecule has 0 bridgehead atoms. The maximum atomic E-state index is 12.4. The first kappa shape index (κ1) is 20.0. The van der Waals surface area contributed by atoms with Gasteiger partial charge in [-0.2, -0.15) is 5.26 Å². The minimum Gasteiger partial charge on any atom is -0.459 e. The van der Waals surface area contributed by atoms with Crippen molar-refractivity contribution in [2.45, 2.75) is 64.4 Å². The lowest BCUT2D eigenvalue weighted by Gasteiger charge is -2.24. The number of rotatable bonds is 7. The van der Waals surface area contributed by atoms with Crippen molar-refractivity contribution in [2.75, 3.05) is 0 Å². The van der Waals surface area contributed by atoms with Crippen LogP contribution in [0.3, 0.4) is 0 Å². The van der Waals surface area contributed by atoms with E-state index in [4.69, 9.17) is 10.00 Å². The average molecular weight is 377 g/mol. The Morgan fingerprint density at radius 2 is 1.79 bits per heavy atom. The first-order valence-corrected chi connectivity index (χ1v) is 10.2. The summed E-state index contributed by atoms with van der Waals surface area (Å²) < 4.78 is 5.60. The summed E-state index contributed by atoms with van der Waals surface area (Å²) in [5.74, 6) is 0.459. The summed E-state index contributed by atoms with van der Waals surface area (Å²) in [4.78, 5) is 21.3. The Bertz CT molecular complexity index is 801. The maximum absolute atomic E-state index is 12.4. The van der Waals surface area contributed by atoms with Gasteiger partial charge in [0.1, 0.15) is 6.10 Å². The zero-order valence-electron chi connectivity index (χ0n) is 16.4. The van der Waals surface area contributed by atoms with Gasteiger partial charge in [-0.05, 0) is 56.2 Å². The largest absolute Gasteiger partial charge is 0.459 e. The molecule has 0 aliphatic heterocycles. The van der Waals surface area contributed by atoms with Crippen molar-refractivity contribution in [1.29, 1.82) is 5.26 Å². The molecule has 1 saturated carbocycles. The molecule has 1 aromatic heterocycles. The molecule has 0 amide bonds. The molecule has 0 spiro atoms. The molecule has 0 saturated heterocycles. The number of hydrogen-bond donors (Lipinski definition) is 0. The zero-order chi connectivity index (χ0) is 19.8. The van der Waals surface area contributed by atoms with E-state index in [1.54, 1.807) is 12.1 Å². The summed E-state index contributed by atoms with van der Waals surface area (Å²) in [5.41, 5.74) is 2.57. The third kappa shape index (κ3) is 5.39. The van der Waals surface area contributed by atoms with Gasteiger partial charge in [-0.15, -0.1) is 0 Å². The van der Waals surface area contributed by atoms with E-state index < -0.39 is 0 Å². The quantitative estimate of drug-likeness (QED) is 0.495. The number of ether oxygens (including phenoxy) is 1. The van der Waals surface area contributed by atoms with Crippen LogP contribution in [0.4, 0.5) is 0 Å². The Labute approximate surface area is 166 Å². The van der Waals surface area contributed by atoms with Gasteiger partial charge in [0, 0.05) is 23.9 Å². The summed E-state index contributed by atoms with van der Waals surface area (Å²) >= 11 is 0. The highest BCUT2D eigenvalue weighted by Crippen LogP contribution is 2.26. The second-order valence-electron chi connectivity index (χ2n) is 7.46. The number of hydrogen-bond acceptors (Lipinski definition) is 5. The lowest BCUT2D eigenvalue weighted by atomic mass is 9.88. The third-order valence-electron chi connectivity index (χ3n) is 5.28. The Balaban J connectivity index is 1.55. The van der Waals surface area contributed by atoms with E-state index in [1.807, 2.05) is 24.5 Å². The SMILES string of the molecule is CCCCCc1cnc(-c2ccc(C(=O)O[C@H]3CC[C@H](C#N)CC3)cc2)nc1. The molecule has 1 fully saturated rings. The molecule has 1 aliphatic carbocycles. The summed E-state index contributed by atoms with van der Waals surface area (Å²) in [6, 6.07) is 9.53. The second kappa shape index (κ2) is 9.98. The fourth-order valence-electron chi connectivity index (χ4n) is 3.50. The van der Waals surface area contributed by atoms with Crippen molar-refractivity contribution in [3.8, 4) is 17.5 Å². The topological polar surface area (TPSA) is 75.9 Å². The van der Waals surface area contributed by atoms with Crippen molar-refractivity contribution in [3.05, 3.63) is 47.8 Å².